The first-order valence-corrected chi connectivity index (χ1v) is 7.43. The van der Waals surface area contributed by atoms with Crippen molar-refractivity contribution in [2.45, 2.75) is 12.8 Å². The zero-order valence-corrected chi connectivity index (χ0v) is 12.9. The molecule has 1 fully saturated rings. The van der Waals surface area contributed by atoms with Crippen LogP contribution in [0, 0.1) is 0 Å². The molecule has 0 unspecified atom stereocenters. The SMILES string of the molecule is COc1ccc(/C=C/C=C/C(=[Se])N2CCCC2)cc1. The van der Waals surface area contributed by atoms with Crippen LogP contribution in [0.2, 0.25) is 0 Å². The average Bonchev–Trinajstić information content (AvgIpc) is 2.98. The Bertz CT molecular complexity index is 470. The van der Waals surface area contributed by atoms with Gasteiger partial charge in [-0.05, 0) is 0 Å². The predicted molar refractivity (Wildman–Crippen MR) is 82.7 cm³/mol. The van der Waals surface area contributed by atoms with Crippen molar-refractivity contribution in [3.05, 3.63) is 48.1 Å². The van der Waals surface area contributed by atoms with Gasteiger partial charge in [0.15, 0.2) is 0 Å². The zero-order valence-electron chi connectivity index (χ0n) is 11.2. The Morgan fingerprint density at radius 2 is 1.84 bits per heavy atom. The van der Waals surface area contributed by atoms with Crippen molar-refractivity contribution in [2.24, 2.45) is 0 Å². The van der Waals surface area contributed by atoms with E-state index in [9.17, 15) is 0 Å². The third-order valence-electron chi connectivity index (χ3n) is 3.17. The molecular weight excluding hydrogens is 301 g/mol. The standard InChI is InChI=1S/C16H19NOSe/c1-18-15-10-8-14(9-11-15)6-2-3-7-16(19)17-12-4-5-13-17/h2-3,6-11H,4-5,12-13H2,1H3/b6-2+,7-3+. The summed E-state index contributed by atoms with van der Waals surface area (Å²) in [6.45, 7) is 2.35. The molecule has 1 aliphatic rings. The van der Waals surface area contributed by atoms with Gasteiger partial charge in [0.25, 0.3) is 0 Å². The number of hydrogen-bond donors (Lipinski definition) is 0. The van der Waals surface area contributed by atoms with Crippen LogP contribution in [0.5, 0.6) is 5.75 Å². The summed E-state index contributed by atoms with van der Waals surface area (Å²) in [6.07, 6.45) is 11.0. The molecule has 0 saturated carbocycles. The summed E-state index contributed by atoms with van der Waals surface area (Å²) in [5.74, 6) is 0.889. The quantitative estimate of drug-likeness (QED) is 0.611. The van der Waals surface area contributed by atoms with Crippen LogP contribution in [0.1, 0.15) is 18.4 Å². The maximum absolute atomic E-state index is 5.13. The van der Waals surface area contributed by atoms with Gasteiger partial charge in [0.2, 0.25) is 0 Å². The number of allylic oxidation sites excluding steroid dienone is 2. The van der Waals surface area contributed by atoms with Crippen molar-refractivity contribution in [2.75, 3.05) is 20.2 Å². The Morgan fingerprint density at radius 3 is 2.47 bits per heavy atom. The number of ether oxygens (including phenoxy) is 1. The monoisotopic (exact) mass is 321 g/mol. The second kappa shape index (κ2) is 7.32. The predicted octanol–water partition coefficient (Wildman–Crippen LogP) is 2.66. The molecule has 1 heterocycles. The van der Waals surface area contributed by atoms with Crippen LogP contribution < -0.4 is 4.74 Å². The van der Waals surface area contributed by atoms with Crippen LogP contribution in [-0.4, -0.2) is 45.2 Å². The van der Waals surface area contributed by atoms with Crippen LogP contribution in [-0.2, 0) is 0 Å². The number of benzene rings is 1. The van der Waals surface area contributed by atoms with Gasteiger partial charge in [-0.15, -0.1) is 0 Å². The first kappa shape index (κ1) is 14.1. The number of rotatable bonds is 5. The van der Waals surface area contributed by atoms with E-state index < -0.39 is 0 Å². The van der Waals surface area contributed by atoms with Gasteiger partial charge in [-0.3, -0.25) is 0 Å². The van der Waals surface area contributed by atoms with Gasteiger partial charge in [-0.1, -0.05) is 0 Å². The molecule has 0 aromatic heterocycles. The number of nitrogens with zero attached hydrogens (tertiary/aromatic N) is 1. The second-order valence-corrected chi connectivity index (χ2v) is 5.40. The zero-order chi connectivity index (χ0) is 13.5. The van der Waals surface area contributed by atoms with Gasteiger partial charge in [-0.25, -0.2) is 0 Å². The molecule has 1 aliphatic heterocycles. The van der Waals surface area contributed by atoms with E-state index in [0.717, 1.165) is 5.75 Å². The van der Waals surface area contributed by atoms with Crippen molar-refractivity contribution >= 4 is 26.2 Å². The van der Waals surface area contributed by atoms with E-state index in [1.54, 1.807) is 7.11 Å². The van der Waals surface area contributed by atoms with Gasteiger partial charge in [0.05, 0.1) is 0 Å². The third kappa shape index (κ3) is 4.38. The van der Waals surface area contributed by atoms with Gasteiger partial charge in [-0.2, -0.15) is 0 Å². The summed E-state index contributed by atoms with van der Waals surface area (Å²) >= 11 is 3.14. The van der Waals surface area contributed by atoms with Crippen molar-refractivity contribution in [3.8, 4) is 5.75 Å². The van der Waals surface area contributed by atoms with Crippen LogP contribution in [0.4, 0.5) is 0 Å². The van der Waals surface area contributed by atoms with Crippen LogP contribution in [0.25, 0.3) is 6.08 Å². The molecule has 0 atom stereocenters. The number of methoxy groups -OCH3 is 1. The maximum atomic E-state index is 5.13. The van der Waals surface area contributed by atoms with Crippen molar-refractivity contribution in [1.82, 2.24) is 4.90 Å². The summed E-state index contributed by atoms with van der Waals surface area (Å²) in [7, 11) is 1.68. The molecule has 0 N–H and O–H groups in total. The Kier molecular flexibility index (Phi) is 5.44. The van der Waals surface area contributed by atoms with Gasteiger partial charge in [0.1, 0.15) is 0 Å². The molecule has 1 aromatic rings. The van der Waals surface area contributed by atoms with Crippen LogP contribution in [0.3, 0.4) is 0 Å². The van der Waals surface area contributed by atoms with Crippen molar-refractivity contribution in [1.29, 1.82) is 0 Å². The number of likely N-dealkylation sites (tertiary alicyclic amines) is 1. The Hall–Kier alpha value is -1.31. The molecule has 0 spiro atoms. The summed E-state index contributed by atoms with van der Waals surface area (Å²) in [5, 5.41) is 0. The fraction of sp³-hybridized carbons (Fsp3) is 0.312. The van der Waals surface area contributed by atoms with Gasteiger partial charge >= 0.3 is 123 Å². The molecule has 0 bridgehead atoms. The fourth-order valence-corrected chi connectivity index (χ4v) is 2.61. The summed E-state index contributed by atoms with van der Waals surface area (Å²) in [6, 6.07) is 8.04. The Balaban J connectivity index is 1.86. The molecular formula is C16H19NOSe. The van der Waals surface area contributed by atoms with E-state index in [2.05, 4.69) is 44.8 Å². The summed E-state index contributed by atoms with van der Waals surface area (Å²) in [5.41, 5.74) is 1.17. The first-order valence-electron chi connectivity index (χ1n) is 6.57. The van der Waals surface area contributed by atoms with Crippen molar-refractivity contribution in [3.63, 3.8) is 0 Å². The summed E-state index contributed by atoms with van der Waals surface area (Å²) in [4.78, 5) is 2.39. The molecule has 1 aromatic carbocycles. The number of hydrogen-bond acceptors (Lipinski definition) is 2. The fourth-order valence-electron chi connectivity index (χ4n) is 2.06. The molecule has 0 amide bonds. The Labute approximate surface area is 123 Å². The third-order valence-corrected chi connectivity index (χ3v) is 4.00. The molecule has 100 valence electrons. The molecule has 0 radical (unpaired) electrons. The molecule has 2 rings (SSSR count). The van der Waals surface area contributed by atoms with E-state index in [4.69, 9.17) is 4.74 Å². The first-order chi connectivity index (χ1) is 9.29. The van der Waals surface area contributed by atoms with Crippen molar-refractivity contribution < 1.29 is 4.74 Å². The van der Waals surface area contributed by atoms with Crippen LogP contribution >= 0.6 is 0 Å². The summed E-state index contributed by atoms with van der Waals surface area (Å²) < 4.78 is 6.37. The van der Waals surface area contributed by atoms with Gasteiger partial charge in [0, 0.05) is 0 Å². The van der Waals surface area contributed by atoms with E-state index in [0.29, 0.717) is 0 Å². The Morgan fingerprint density at radius 1 is 1.16 bits per heavy atom. The topological polar surface area (TPSA) is 12.5 Å². The normalized spacial score (nSPS) is 15.5. The molecule has 2 nitrogen and oxygen atoms in total. The molecule has 19 heavy (non-hydrogen) atoms. The molecule has 3 heteroatoms. The van der Waals surface area contributed by atoms with E-state index in [1.807, 2.05) is 24.3 Å². The minimum absolute atomic E-state index is 0.889. The molecule has 1 saturated heterocycles. The second-order valence-electron chi connectivity index (χ2n) is 4.52. The van der Waals surface area contributed by atoms with Gasteiger partial charge < -0.3 is 0 Å². The van der Waals surface area contributed by atoms with E-state index in [1.165, 1.54) is 36.0 Å². The average molecular weight is 320 g/mol. The van der Waals surface area contributed by atoms with Crippen LogP contribution in [0.15, 0.2) is 42.5 Å². The van der Waals surface area contributed by atoms with E-state index >= 15 is 0 Å². The molecule has 0 aliphatic carbocycles. The minimum atomic E-state index is 0.889. The van der Waals surface area contributed by atoms with E-state index in [-0.39, 0.29) is 0 Å².